The van der Waals surface area contributed by atoms with Crippen molar-refractivity contribution in [1.29, 1.82) is 0 Å². The molecule has 0 fully saturated rings. The summed E-state index contributed by atoms with van der Waals surface area (Å²) in [4.78, 5) is 28.3. The summed E-state index contributed by atoms with van der Waals surface area (Å²) in [6.45, 7) is 2.47. The lowest BCUT2D eigenvalue weighted by molar-refractivity contribution is -0.140. The van der Waals surface area contributed by atoms with Crippen LogP contribution < -0.4 is 5.32 Å². The fraction of sp³-hybridized carbons (Fsp3) is 0.231. The number of nitrogens with one attached hydrogen (secondary N) is 1. The molecule has 6 heteroatoms. The Morgan fingerprint density at radius 2 is 1.41 bits per heavy atom. The van der Waals surface area contributed by atoms with Gasteiger partial charge < -0.3 is 10.2 Å². The van der Waals surface area contributed by atoms with Gasteiger partial charge in [0.2, 0.25) is 11.8 Å². The van der Waals surface area contributed by atoms with Crippen LogP contribution in [0.3, 0.4) is 0 Å². The predicted molar refractivity (Wildman–Crippen MR) is 130 cm³/mol. The molecule has 166 valence electrons. The van der Waals surface area contributed by atoms with Gasteiger partial charge in [0, 0.05) is 35.1 Å². The summed E-state index contributed by atoms with van der Waals surface area (Å²) >= 11 is 12.8. The molecule has 0 radical (unpaired) electrons. The quantitative estimate of drug-likeness (QED) is 0.462. The number of carbonyl (C=O) groups is 2. The number of benzene rings is 3. The second-order valence-electron chi connectivity index (χ2n) is 7.48. The van der Waals surface area contributed by atoms with Crippen LogP contribution in [0.1, 0.15) is 23.6 Å². The van der Waals surface area contributed by atoms with Crippen molar-refractivity contribution < 1.29 is 9.59 Å². The molecule has 3 aromatic rings. The summed E-state index contributed by atoms with van der Waals surface area (Å²) in [5, 5.41) is 3.81. The second kappa shape index (κ2) is 11.7. The highest BCUT2D eigenvalue weighted by atomic mass is 35.5. The van der Waals surface area contributed by atoms with Crippen LogP contribution in [0, 0.1) is 0 Å². The van der Waals surface area contributed by atoms with Gasteiger partial charge in [0.1, 0.15) is 6.04 Å². The Bertz CT molecular complexity index is 1020. The van der Waals surface area contributed by atoms with E-state index in [1.807, 2.05) is 67.6 Å². The predicted octanol–water partition coefficient (Wildman–Crippen LogP) is 5.31. The van der Waals surface area contributed by atoms with Gasteiger partial charge in [0.05, 0.1) is 6.42 Å². The Balaban J connectivity index is 1.99. The lowest BCUT2D eigenvalue weighted by Crippen LogP contribution is -2.51. The second-order valence-corrected chi connectivity index (χ2v) is 8.30. The van der Waals surface area contributed by atoms with E-state index >= 15 is 0 Å². The van der Waals surface area contributed by atoms with E-state index in [9.17, 15) is 9.59 Å². The highest BCUT2D eigenvalue weighted by Gasteiger charge is 2.31. The van der Waals surface area contributed by atoms with Gasteiger partial charge in [0.15, 0.2) is 0 Å². The van der Waals surface area contributed by atoms with Gasteiger partial charge in [-0.2, -0.15) is 0 Å². The number of hydrogen-bond donors (Lipinski definition) is 1. The minimum absolute atomic E-state index is 0.138. The molecule has 1 N–H and O–H groups in total. The van der Waals surface area contributed by atoms with E-state index in [0.29, 0.717) is 28.6 Å². The lowest BCUT2D eigenvalue weighted by Gasteiger charge is -2.32. The first-order valence-corrected chi connectivity index (χ1v) is 11.3. The molecule has 0 heterocycles. The van der Waals surface area contributed by atoms with E-state index < -0.39 is 6.04 Å². The molecule has 3 rings (SSSR count). The summed E-state index contributed by atoms with van der Waals surface area (Å²) in [6.07, 6.45) is 0.558. The van der Waals surface area contributed by atoms with Crippen LogP contribution in [-0.4, -0.2) is 29.3 Å². The van der Waals surface area contributed by atoms with Crippen LogP contribution in [-0.2, 0) is 29.0 Å². The summed E-state index contributed by atoms with van der Waals surface area (Å²) in [7, 11) is 0. The molecule has 32 heavy (non-hydrogen) atoms. The number of likely N-dealkylation sites (N-methyl/N-ethyl adjacent to an activating group) is 1. The maximum atomic E-state index is 13.5. The van der Waals surface area contributed by atoms with Gasteiger partial charge in [0.25, 0.3) is 0 Å². The molecule has 0 saturated heterocycles. The Labute approximate surface area is 199 Å². The molecule has 0 spiro atoms. The van der Waals surface area contributed by atoms with Crippen LogP contribution >= 0.6 is 23.2 Å². The molecular formula is C26H26Cl2N2O2. The SMILES string of the molecule is CCNC(=O)[C@@H](Cc1ccccc1)N(Cc1c(Cl)cccc1Cl)C(=O)Cc1ccccc1. The highest BCUT2D eigenvalue weighted by molar-refractivity contribution is 6.36. The third-order valence-corrected chi connectivity index (χ3v) is 5.92. The van der Waals surface area contributed by atoms with Crippen molar-refractivity contribution in [2.24, 2.45) is 0 Å². The number of hydrogen-bond acceptors (Lipinski definition) is 2. The summed E-state index contributed by atoms with van der Waals surface area (Å²) < 4.78 is 0. The average Bonchev–Trinajstić information content (AvgIpc) is 2.79. The number of rotatable bonds is 9. The van der Waals surface area contributed by atoms with Gasteiger partial charge >= 0.3 is 0 Å². The summed E-state index contributed by atoms with van der Waals surface area (Å²) in [5.41, 5.74) is 2.47. The van der Waals surface area contributed by atoms with E-state index in [1.54, 1.807) is 23.1 Å². The monoisotopic (exact) mass is 468 g/mol. The lowest BCUT2D eigenvalue weighted by atomic mass is 10.0. The fourth-order valence-electron chi connectivity index (χ4n) is 3.57. The third kappa shape index (κ3) is 6.35. The molecule has 0 aromatic heterocycles. The average molecular weight is 469 g/mol. The van der Waals surface area contributed by atoms with E-state index in [2.05, 4.69) is 5.32 Å². The Kier molecular flexibility index (Phi) is 8.72. The third-order valence-electron chi connectivity index (χ3n) is 5.21. The maximum absolute atomic E-state index is 13.5. The molecule has 1 atom stereocenters. The number of halogens is 2. The molecule has 0 unspecified atom stereocenters. The van der Waals surface area contributed by atoms with Gasteiger partial charge in [-0.3, -0.25) is 9.59 Å². The molecule has 0 bridgehead atoms. The van der Waals surface area contributed by atoms with Gasteiger partial charge in [-0.25, -0.2) is 0 Å². The zero-order valence-corrected chi connectivity index (χ0v) is 19.4. The van der Waals surface area contributed by atoms with E-state index in [1.165, 1.54) is 0 Å². The van der Waals surface area contributed by atoms with Crippen LogP contribution in [0.15, 0.2) is 78.9 Å². The van der Waals surface area contributed by atoms with Crippen LogP contribution in [0.4, 0.5) is 0 Å². The molecular weight excluding hydrogens is 443 g/mol. The molecule has 0 aliphatic rings. The van der Waals surface area contributed by atoms with E-state index in [0.717, 1.165) is 11.1 Å². The molecule has 4 nitrogen and oxygen atoms in total. The van der Waals surface area contributed by atoms with Crippen molar-refractivity contribution in [3.63, 3.8) is 0 Å². The fourth-order valence-corrected chi connectivity index (χ4v) is 4.09. The van der Waals surface area contributed by atoms with Crippen molar-refractivity contribution in [3.8, 4) is 0 Å². The van der Waals surface area contributed by atoms with E-state index in [-0.39, 0.29) is 24.8 Å². The molecule has 0 aliphatic heterocycles. The van der Waals surface area contributed by atoms with Crippen molar-refractivity contribution in [2.45, 2.75) is 32.4 Å². The summed E-state index contributed by atoms with van der Waals surface area (Å²) in [6, 6.07) is 23.7. The first-order chi connectivity index (χ1) is 15.5. The number of nitrogens with zero attached hydrogens (tertiary/aromatic N) is 1. The highest BCUT2D eigenvalue weighted by Crippen LogP contribution is 2.27. The Morgan fingerprint density at radius 1 is 0.844 bits per heavy atom. The van der Waals surface area contributed by atoms with Gasteiger partial charge in [-0.1, -0.05) is 89.9 Å². The van der Waals surface area contributed by atoms with Gasteiger partial charge in [-0.15, -0.1) is 0 Å². The first kappa shape index (κ1) is 23.8. The number of amides is 2. The number of carbonyl (C=O) groups excluding carboxylic acids is 2. The summed E-state index contributed by atoms with van der Waals surface area (Å²) in [5.74, 6) is -0.375. The molecule has 0 aliphatic carbocycles. The topological polar surface area (TPSA) is 49.4 Å². The Morgan fingerprint density at radius 3 is 1.97 bits per heavy atom. The van der Waals surface area contributed by atoms with Crippen molar-refractivity contribution >= 4 is 35.0 Å². The molecule has 0 saturated carbocycles. The molecule has 3 aromatic carbocycles. The molecule has 2 amide bonds. The Hall–Kier alpha value is -2.82. The maximum Gasteiger partial charge on any atom is 0.243 e. The van der Waals surface area contributed by atoms with Crippen LogP contribution in [0.25, 0.3) is 0 Å². The largest absolute Gasteiger partial charge is 0.355 e. The first-order valence-electron chi connectivity index (χ1n) is 10.6. The zero-order valence-electron chi connectivity index (χ0n) is 17.9. The minimum Gasteiger partial charge on any atom is -0.355 e. The van der Waals surface area contributed by atoms with Crippen molar-refractivity contribution in [2.75, 3.05) is 6.54 Å². The minimum atomic E-state index is -0.707. The van der Waals surface area contributed by atoms with Crippen molar-refractivity contribution in [3.05, 3.63) is 106 Å². The smallest absolute Gasteiger partial charge is 0.243 e. The normalized spacial score (nSPS) is 11.6. The van der Waals surface area contributed by atoms with Crippen LogP contribution in [0.5, 0.6) is 0 Å². The van der Waals surface area contributed by atoms with Gasteiger partial charge in [-0.05, 0) is 30.2 Å². The zero-order chi connectivity index (χ0) is 22.9. The van der Waals surface area contributed by atoms with E-state index in [4.69, 9.17) is 23.2 Å². The standard InChI is InChI=1S/C26H26Cl2N2O2/c1-2-29-26(32)24(16-19-10-5-3-6-11-19)30(18-21-22(27)14-9-15-23(21)28)25(31)17-20-12-7-4-8-13-20/h3-15,24H,2,16-18H2,1H3,(H,29,32)/t24-/m1/s1. The van der Waals surface area contributed by atoms with Crippen LogP contribution in [0.2, 0.25) is 10.0 Å². The van der Waals surface area contributed by atoms with Crippen molar-refractivity contribution in [1.82, 2.24) is 10.2 Å².